The maximum Gasteiger partial charge on any atom is 0.413 e. The summed E-state index contributed by atoms with van der Waals surface area (Å²) < 4.78 is 10.5. The van der Waals surface area contributed by atoms with Gasteiger partial charge in [-0.3, -0.25) is 9.80 Å². The molecule has 140 valence electrons. The van der Waals surface area contributed by atoms with Crippen LogP contribution in [-0.2, 0) is 9.47 Å². The molecule has 5 nitrogen and oxygen atoms in total. The van der Waals surface area contributed by atoms with Crippen molar-refractivity contribution in [3.63, 3.8) is 0 Å². The summed E-state index contributed by atoms with van der Waals surface area (Å²) >= 11 is 0. The lowest BCUT2D eigenvalue weighted by molar-refractivity contribution is 0.118. The summed E-state index contributed by atoms with van der Waals surface area (Å²) in [5.74, 6) is 1.62. The van der Waals surface area contributed by atoms with Gasteiger partial charge in [0.25, 0.3) is 0 Å². The number of rotatable bonds is 7. The van der Waals surface area contributed by atoms with E-state index in [4.69, 9.17) is 9.47 Å². The van der Waals surface area contributed by atoms with E-state index in [9.17, 15) is 4.79 Å². The first-order chi connectivity index (χ1) is 12.0. The lowest BCUT2D eigenvalue weighted by atomic mass is 9.95. The number of nitrogens with zero attached hydrogens (tertiary/aromatic N) is 2. The zero-order valence-corrected chi connectivity index (χ0v) is 15.9. The zero-order valence-electron chi connectivity index (χ0n) is 15.9. The van der Waals surface area contributed by atoms with Gasteiger partial charge in [0.05, 0.1) is 19.5 Å². The van der Waals surface area contributed by atoms with Gasteiger partial charge in [-0.25, -0.2) is 4.79 Å². The highest BCUT2D eigenvalue weighted by Crippen LogP contribution is 2.23. The number of piperidine rings is 1. The van der Waals surface area contributed by atoms with Crippen molar-refractivity contribution in [3.8, 4) is 0 Å². The van der Waals surface area contributed by atoms with Crippen LogP contribution in [0.25, 0.3) is 0 Å². The van der Waals surface area contributed by atoms with Crippen molar-refractivity contribution in [1.29, 1.82) is 0 Å². The van der Waals surface area contributed by atoms with Crippen LogP contribution < -0.4 is 0 Å². The SMILES string of the molecule is C=C(C)N(CC1CCN(CC2=CCCC(OCC)=C2)CC1)C(=O)OC. The summed E-state index contributed by atoms with van der Waals surface area (Å²) in [7, 11) is 1.42. The summed E-state index contributed by atoms with van der Waals surface area (Å²) in [6.45, 7) is 12.3. The fraction of sp³-hybridized carbons (Fsp3) is 0.650. The minimum Gasteiger partial charge on any atom is -0.498 e. The number of likely N-dealkylation sites (tertiary alicyclic amines) is 1. The summed E-state index contributed by atoms with van der Waals surface area (Å²) in [5, 5.41) is 0. The van der Waals surface area contributed by atoms with Gasteiger partial charge in [0, 0.05) is 25.2 Å². The van der Waals surface area contributed by atoms with E-state index < -0.39 is 0 Å². The third kappa shape index (κ3) is 5.92. The Bertz CT molecular complexity index is 531. The van der Waals surface area contributed by atoms with Gasteiger partial charge < -0.3 is 9.47 Å². The Labute approximate surface area is 152 Å². The fourth-order valence-electron chi connectivity index (χ4n) is 3.49. The minimum absolute atomic E-state index is 0.309. The Balaban J connectivity index is 1.80. The van der Waals surface area contributed by atoms with Crippen LogP contribution in [0.3, 0.4) is 0 Å². The van der Waals surface area contributed by atoms with Crippen LogP contribution in [0.4, 0.5) is 4.79 Å². The maximum absolute atomic E-state index is 11.8. The van der Waals surface area contributed by atoms with Crippen molar-refractivity contribution in [3.05, 3.63) is 35.8 Å². The van der Waals surface area contributed by atoms with Gasteiger partial charge in [-0.05, 0) is 63.8 Å². The van der Waals surface area contributed by atoms with Crippen molar-refractivity contribution in [2.45, 2.75) is 39.5 Å². The molecule has 0 bridgehead atoms. The van der Waals surface area contributed by atoms with Gasteiger partial charge in [0.1, 0.15) is 0 Å². The van der Waals surface area contributed by atoms with E-state index in [0.29, 0.717) is 12.5 Å². The largest absolute Gasteiger partial charge is 0.498 e. The summed E-state index contributed by atoms with van der Waals surface area (Å²) in [6, 6.07) is 0. The number of carbonyl (C=O) groups is 1. The number of hydrogen-bond acceptors (Lipinski definition) is 4. The molecule has 0 N–H and O–H groups in total. The molecule has 1 heterocycles. The second kappa shape index (κ2) is 9.66. The molecule has 0 saturated carbocycles. The van der Waals surface area contributed by atoms with Crippen LogP contribution in [0.2, 0.25) is 0 Å². The number of carbonyl (C=O) groups excluding carboxylic acids is 1. The third-order valence-electron chi connectivity index (χ3n) is 4.88. The first-order valence-electron chi connectivity index (χ1n) is 9.29. The van der Waals surface area contributed by atoms with Crippen LogP contribution in [0, 0.1) is 5.92 Å². The second-order valence-corrected chi connectivity index (χ2v) is 6.90. The molecule has 0 aromatic carbocycles. The molecule has 25 heavy (non-hydrogen) atoms. The predicted molar refractivity (Wildman–Crippen MR) is 100 cm³/mol. The average molecular weight is 348 g/mol. The second-order valence-electron chi connectivity index (χ2n) is 6.90. The van der Waals surface area contributed by atoms with E-state index in [2.05, 4.69) is 23.6 Å². The Morgan fingerprint density at radius 2 is 2.12 bits per heavy atom. The highest BCUT2D eigenvalue weighted by molar-refractivity contribution is 5.69. The van der Waals surface area contributed by atoms with E-state index in [1.54, 1.807) is 4.90 Å². The van der Waals surface area contributed by atoms with E-state index in [1.165, 1.54) is 12.7 Å². The molecule has 0 atom stereocenters. The number of ether oxygens (including phenoxy) is 2. The molecular formula is C20H32N2O3. The molecule has 1 amide bonds. The van der Waals surface area contributed by atoms with E-state index in [-0.39, 0.29) is 6.09 Å². The number of hydrogen-bond donors (Lipinski definition) is 0. The highest BCUT2D eigenvalue weighted by Gasteiger charge is 2.25. The molecular weight excluding hydrogens is 316 g/mol. The molecule has 1 saturated heterocycles. The van der Waals surface area contributed by atoms with Crippen molar-refractivity contribution >= 4 is 6.09 Å². The van der Waals surface area contributed by atoms with Crippen molar-refractivity contribution < 1.29 is 14.3 Å². The molecule has 1 fully saturated rings. The van der Waals surface area contributed by atoms with E-state index in [1.807, 2.05) is 13.8 Å². The topological polar surface area (TPSA) is 42.0 Å². The predicted octanol–water partition coefficient (Wildman–Crippen LogP) is 3.94. The molecule has 2 aliphatic rings. The van der Waals surface area contributed by atoms with Crippen molar-refractivity contribution in [1.82, 2.24) is 9.80 Å². The first-order valence-corrected chi connectivity index (χ1v) is 9.29. The van der Waals surface area contributed by atoms with Crippen LogP contribution in [0.5, 0.6) is 0 Å². The molecule has 0 unspecified atom stereocenters. The lowest BCUT2D eigenvalue weighted by Crippen LogP contribution is -2.40. The summed E-state index contributed by atoms with van der Waals surface area (Å²) in [5.41, 5.74) is 2.11. The van der Waals surface area contributed by atoms with E-state index in [0.717, 1.165) is 63.4 Å². The van der Waals surface area contributed by atoms with Gasteiger partial charge in [0.15, 0.2) is 0 Å². The average Bonchev–Trinajstić information content (AvgIpc) is 2.61. The van der Waals surface area contributed by atoms with Crippen molar-refractivity contribution in [2.24, 2.45) is 5.92 Å². The van der Waals surface area contributed by atoms with Crippen molar-refractivity contribution in [2.75, 3.05) is 39.9 Å². The number of allylic oxidation sites excluding steroid dienone is 3. The molecule has 0 spiro atoms. The summed E-state index contributed by atoms with van der Waals surface area (Å²) in [6.07, 6.45) is 8.50. The fourth-order valence-corrected chi connectivity index (χ4v) is 3.49. The normalized spacial score (nSPS) is 19.0. The van der Waals surface area contributed by atoms with Crippen LogP contribution >= 0.6 is 0 Å². The van der Waals surface area contributed by atoms with Gasteiger partial charge in [-0.15, -0.1) is 0 Å². The zero-order chi connectivity index (χ0) is 18.2. The van der Waals surface area contributed by atoms with Gasteiger partial charge in [0.2, 0.25) is 0 Å². The van der Waals surface area contributed by atoms with Gasteiger partial charge >= 0.3 is 6.09 Å². The third-order valence-corrected chi connectivity index (χ3v) is 4.88. The van der Waals surface area contributed by atoms with Gasteiger partial charge in [-0.1, -0.05) is 12.7 Å². The Morgan fingerprint density at radius 3 is 2.72 bits per heavy atom. The van der Waals surface area contributed by atoms with Crippen LogP contribution in [0.1, 0.15) is 39.5 Å². The van der Waals surface area contributed by atoms with Gasteiger partial charge in [-0.2, -0.15) is 0 Å². The van der Waals surface area contributed by atoms with E-state index >= 15 is 0 Å². The Morgan fingerprint density at radius 1 is 1.40 bits per heavy atom. The Kier molecular flexibility index (Phi) is 7.56. The molecule has 0 aromatic rings. The van der Waals surface area contributed by atoms with Crippen LogP contribution in [-0.4, -0.2) is 55.8 Å². The molecule has 0 radical (unpaired) electrons. The maximum atomic E-state index is 11.8. The molecule has 1 aliphatic heterocycles. The number of amides is 1. The quantitative estimate of drug-likeness (QED) is 0.699. The lowest BCUT2D eigenvalue weighted by Gasteiger charge is -2.35. The summed E-state index contributed by atoms with van der Waals surface area (Å²) in [4.78, 5) is 16.0. The number of methoxy groups -OCH3 is 1. The van der Waals surface area contributed by atoms with Crippen LogP contribution in [0.15, 0.2) is 35.8 Å². The minimum atomic E-state index is -0.309. The molecule has 2 rings (SSSR count). The molecule has 5 heteroatoms. The monoisotopic (exact) mass is 348 g/mol. The smallest absolute Gasteiger partial charge is 0.413 e. The standard InChI is InChI=1S/C20H32N2O3/c1-5-25-19-8-6-7-18(13-19)14-21-11-9-17(10-12-21)15-22(16(2)3)20(23)24-4/h7,13,17H,2,5-6,8-12,14-15H2,1,3-4H3. The highest BCUT2D eigenvalue weighted by atomic mass is 16.5. The Hall–Kier alpha value is -1.75. The first kappa shape index (κ1) is 19.6. The molecule has 1 aliphatic carbocycles. The molecule has 0 aromatic heterocycles.